The predicted molar refractivity (Wildman–Crippen MR) is 59.2 cm³/mol. The largest absolute Gasteiger partial charge is 0.372 e. The number of imidazole rings is 1. The van der Waals surface area contributed by atoms with Crippen LogP contribution in [0.25, 0.3) is 16.8 Å². The molecule has 8 nitrogen and oxygen atoms in total. The van der Waals surface area contributed by atoms with Crippen LogP contribution < -0.4 is 5.73 Å². The van der Waals surface area contributed by atoms with Gasteiger partial charge in [-0.1, -0.05) is 0 Å². The van der Waals surface area contributed by atoms with Gasteiger partial charge < -0.3 is 15.5 Å². The maximum Gasteiger partial charge on any atom is 0.189 e. The van der Waals surface area contributed by atoms with E-state index < -0.39 is 0 Å². The normalized spacial score (nSPS) is 13.5. The van der Waals surface area contributed by atoms with Crippen molar-refractivity contribution in [2.45, 2.75) is 6.10 Å². The number of nitrogens with one attached hydrogen (secondary N) is 1. The molecule has 0 amide bonds. The Hall–Kier alpha value is -2.06. The molecular formula is C9H11N7O. The standard InChI is InChI=1S/C9H11N7O/c1-17-5(2-10)8-14-15-9-6-7(12-3-11-6)13-4-16(8)9/h3-5H,2,10H2,1H3,(H,11,12). The Balaban J connectivity index is 2.28. The second-order valence-electron chi connectivity index (χ2n) is 3.56. The van der Waals surface area contributed by atoms with Gasteiger partial charge in [-0.25, -0.2) is 9.97 Å². The number of aromatic nitrogens is 6. The van der Waals surface area contributed by atoms with Crippen LogP contribution in [0.3, 0.4) is 0 Å². The van der Waals surface area contributed by atoms with Crippen molar-refractivity contribution in [3.05, 3.63) is 18.5 Å². The number of nitrogens with two attached hydrogens (primary N) is 1. The Kier molecular flexibility index (Phi) is 2.23. The maximum atomic E-state index is 5.61. The molecule has 0 aliphatic carbocycles. The average molecular weight is 233 g/mol. The molecule has 3 heterocycles. The minimum absolute atomic E-state index is 0.299. The number of H-pyrrole nitrogens is 1. The van der Waals surface area contributed by atoms with E-state index in [1.54, 1.807) is 24.2 Å². The Morgan fingerprint density at radius 2 is 2.35 bits per heavy atom. The summed E-state index contributed by atoms with van der Waals surface area (Å²) in [5.41, 5.74) is 7.63. The summed E-state index contributed by atoms with van der Waals surface area (Å²) in [7, 11) is 1.58. The van der Waals surface area contributed by atoms with Gasteiger partial charge in [-0.05, 0) is 0 Å². The predicted octanol–water partition coefficient (Wildman–Crippen LogP) is -0.353. The van der Waals surface area contributed by atoms with Crippen LogP contribution in [-0.2, 0) is 4.74 Å². The molecule has 1 unspecified atom stereocenters. The zero-order valence-corrected chi connectivity index (χ0v) is 9.16. The van der Waals surface area contributed by atoms with Gasteiger partial charge in [0.15, 0.2) is 17.1 Å². The van der Waals surface area contributed by atoms with Crippen molar-refractivity contribution in [1.82, 2.24) is 29.5 Å². The van der Waals surface area contributed by atoms with E-state index in [0.717, 1.165) is 5.52 Å². The number of methoxy groups -OCH3 is 1. The molecule has 1 atom stereocenters. The van der Waals surface area contributed by atoms with Crippen molar-refractivity contribution in [2.75, 3.05) is 13.7 Å². The van der Waals surface area contributed by atoms with Gasteiger partial charge in [-0.15, -0.1) is 10.2 Å². The third kappa shape index (κ3) is 1.38. The van der Waals surface area contributed by atoms with Crippen LogP contribution in [0.5, 0.6) is 0 Å². The second kappa shape index (κ2) is 3.75. The summed E-state index contributed by atoms with van der Waals surface area (Å²) >= 11 is 0. The fourth-order valence-electron chi connectivity index (χ4n) is 1.78. The first-order chi connectivity index (χ1) is 8.35. The number of ether oxygens (including phenoxy) is 1. The van der Waals surface area contributed by atoms with E-state index in [-0.39, 0.29) is 6.10 Å². The van der Waals surface area contributed by atoms with Crippen molar-refractivity contribution in [2.24, 2.45) is 5.73 Å². The fraction of sp³-hybridized carbons (Fsp3) is 0.333. The Labute approximate surface area is 95.8 Å². The van der Waals surface area contributed by atoms with Gasteiger partial charge in [-0.2, -0.15) is 0 Å². The summed E-state index contributed by atoms with van der Waals surface area (Å²) in [6, 6.07) is 0. The molecule has 0 fully saturated rings. The van der Waals surface area contributed by atoms with Crippen LogP contribution in [0.2, 0.25) is 0 Å². The lowest BCUT2D eigenvalue weighted by atomic mass is 10.3. The van der Waals surface area contributed by atoms with Crippen LogP contribution in [0.15, 0.2) is 12.7 Å². The molecule has 0 saturated heterocycles. The van der Waals surface area contributed by atoms with E-state index in [9.17, 15) is 0 Å². The lowest BCUT2D eigenvalue weighted by Gasteiger charge is -2.09. The van der Waals surface area contributed by atoms with E-state index in [1.807, 2.05) is 0 Å². The SMILES string of the molecule is COC(CN)c1nnc2c3[nH]cnc3ncn12. The molecule has 3 aromatic heterocycles. The van der Waals surface area contributed by atoms with E-state index in [1.165, 1.54) is 0 Å². The highest BCUT2D eigenvalue weighted by molar-refractivity contribution is 5.84. The van der Waals surface area contributed by atoms with E-state index in [2.05, 4.69) is 25.1 Å². The molecule has 3 rings (SSSR count). The first-order valence-corrected chi connectivity index (χ1v) is 5.10. The fourth-order valence-corrected chi connectivity index (χ4v) is 1.78. The van der Waals surface area contributed by atoms with Crippen LogP contribution >= 0.6 is 0 Å². The summed E-state index contributed by atoms with van der Waals surface area (Å²) in [6.07, 6.45) is 2.89. The number of aromatic amines is 1. The molecule has 0 aromatic carbocycles. The molecule has 0 radical (unpaired) electrons. The molecule has 0 aliphatic heterocycles. The van der Waals surface area contributed by atoms with Gasteiger partial charge >= 0.3 is 0 Å². The summed E-state index contributed by atoms with van der Waals surface area (Å²) in [4.78, 5) is 11.2. The van der Waals surface area contributed by atoms with Gasteiger partial charge in [0.05, 0.1) is 6.33 Å². The first kappa shape index (κ1) is 10.1. The highest BCUT2D eigenvalue weighted by atomic mass is 16.5. The highest BCUT2D eigenvalue weighted by Gasteiger charge is 2.18. The van der Waals surface area contributed by atoms with Crippen LogP contribution in [0, 0.1) is 0 Å². The van der Waals surface area contributed by atoms with Gasteiger partial charge in [0.25, 0.3) is 0 Å². The number of nitrogens with zero attached hydrogens (tertiary/aromatic N) is 5. The van der Waals surface area contributed by atoms with E-state index in [4.69, 9.17) is 10.5 Å². The lowest BCUT2D eigenvalue weighted by molar-refractivity contribution is 0.102. The van der Waals surface area contributed by atoms with Crippen molar-refractivity contribution in [1.29, 1.82) is 0 Å². The molecule has 0 saturated carbocycles. The molecule has 0 bridgehead atoms. The van der Waals surface area contributed by atoms with Gasteiger partial charge in [0.2, 0.25) is 0 Å². The van der Waals surface area contributed by atoms with Crippen molar-refractivity contribution < 1.29 is 4.74 Å². The van der Waals surface area contributed by atoms with Gasteiger partial charge in [0, 0.05) is 13.7 Å². The third-order valence-electron chi connectivity index (χ3n) is 2.65. The van der Waals surface area contributed by atoms with Crippen molar-refractivity contribution in [3.63, 3.8) is 0 Å². The monoisotopic (exact) mass is 233 g/mol. The summed E-state index contributed by atoms with van der Waals surface area (Å²) in [6.45, 7) is 0.332. The maximum absolute atomic E-state index is 5.61. The summed E-state index contributed by atoms with van der Waals surface area (Å²) in [5.74, 6) is 0.633. The zero-order chi connectivity index (χ0) is 11.8. The topological polar surface area (TPSA) is 107 Å². The number of rotatable bonds is 3. The highest BCUT2D eigenvalue weighted by Crippen LogP contribution is 2.17. The number of fused-ring (bicyclic) bond motifs is 3. The Bertz CT molecular complexity index is 654. The number of hydrogen-bond donors (Lipinski definition) is 2. The summed E-state index contributed by atoms with van der Waals surface area (Å²) < 4.78 is 7.00. The molecule has 0 aliphatic rings. The third-order valence-corrected chi connectivity index (χ3v) is 2.65. The Morgan fingerprint density at radius 1 is 1.47 bits per heavy atom. The molecule has 88 valence electrons. The molecule has 0 spiro atoms. The zero-order valence-electron chi connectivity index (χ0n) is 9.16. The second-order valence-corrected chi connectivity index (χ2v) is 3.56. The molecule has 8 heteroatoms. The quantitative estimate of drug-likeness (QED) is 0.640. The molecule has 17 heavy (non-hydrogen) atoms. The van der Waals surface area contributed by atoms with E-state index in [0.29, 0.717) is 23.7 Å². The van der Waals surface area contributed by atoms with Gasteiger partial charge in [-0.3, -0.25) is 4.40 Å². The van der Waals surface area contributed by atoms with Crippen LogP contribution in [0.1, 0.15) is 11.9 Å². The molecular weight excluding hydrogens is 222 g/mol. The molecule has 3 aromatic rings. The minimum Gasteiger partial charge on any atom is -0.372 e. The van der Waals surface area contributed by atoms with Gasteiger partial charge in [0.1, 0.15) is 17.9 Å². The van der Waals surface area contributed by atoms with Crippen LogP contribution in [0.4, 0.5) is 0 Å². The first-order valence-electron chi connectivity index (χ1n) is 5.10. The average Bonchev–Trinajstić information content (AvgIpc) is 2.95. The number of hydrogen-bond acceptors (Lipinski definition) is 6. The van der Waals surface area contributed by atoms with Crippen molar-refractivity contribution in [3.8, 4) is 0 Å². The molecule has 3 N–H and O–H groups in total. The lowest BCUT2D eigenvalue weighted by Crippen LogP contribution is -2.17. The van der Waals surface area contributed by atoms with Crippen molar-refractivity contribution >= 4 is 16.8 Å². The van der Waals surface area contributed by atoms with Crippen LogP contribution in [-0.4, -0.2) is 43.2 Å². The minimum atomic E-state index is -0.299. The Morgan fingerprint density at radius 3 is 3.12 bits per heavy atom. The summed E-state index contributed by atoms with van der Waals surface area (Å²) in [5, 5.41) is 8.19. The van der Waals surface area contributed by atoms with E-state index >= 15 is 0 Å². The smallest absolute Gasteiger partial charge is 0.189 e.